The van der Waals surface area contributed by atoms with E-state index < -0.39 is 5.41 Å². The molecule has 0 saturated carbocycles. The van der Waals surface area contributed by atoms with E-state index in [-0.39, 0.29) is 18.3 Å². The molecule has 20 heavy (non-hydrogen) atoms. The van der Waals surface area contributed by atoms with Crippen LogP contribution in [0.2, 0.25) is 10.0 Å². The Morgan fingerprint density at radius 1 is 1.25 bits per heavy atom. The van der Waals surface area contributed by atoms with Gasteiger partial charge in [0.1, 0.15) is 0 Å². The molecule has 0 fully saturated rings. The van der Waals surface area contributed by atoms with Crippen LogP contribution in [-0.2, 0) is 10.2 Å². The maximum absolute atomic E-state index is 12.4. The van der Waals surface area contributed by atoms with Gasteiger partial charge in [-0.3, -0.25) is 4.79 Å². The van der Waals surface area contributed by atoms with Crippen molar-refractivity contribution in [3.8, 4) is 0 Å². The first-order valence-electron chi connectivity index (χ1n) is 6.45. The first-order valence-corrected chi connectivity index (χ1v) is 7.21. The molecule has 3 N–H and O–H groups in total. The maximum Gasteiger partial charge on any atom is 0.230 e. The van der Waals surface area contributed by atoms with Gasteiger partial charge in [0.05, 0.1) is 15.5 Å². The van der Waals surface area contributed by atoms with Crippen molar-refractivity contribution in [3.05, 3.63) is 33.8 Å². The van der Waals surface area contributed by atoms with Gasteiger partial charge in [-0.05, 0) is 30.5 Å². The number of benzene rings is 1. The number of carbonyl (C=O) groups is 1. The predicted octanol–water partition coefficient (Wildman–Crippen LogP) is 3.55. The normalized spacial score (nSPS) is 10.8. The smallest absolute Gasteiger partial charge is 0.230 e. The van der Waals surface area contributed by atoms with Crippen molar-refractivity contribution >= 4 is 41.5 Å². The Bertz CT molecular complexity index is 448. The van der Waals surface area contributed by atoms with Crippen molar-refractivity contribution in [2.45, 2.75) is 32.1 Å². The fraction of sp³-hybridized carbons (Fsp3) is 0.500. The number of halogens is 3. The number of hydrogen-bond acceptors (Lipinski definition) is 2. The minimum Gasteiger partial charge on any atom is -0.354 e. The largest absolute Gasteiger partial charge is 0.354 e. The van der Waals surface area contributed by atoms with Crippen LogP contribution in [0.25, 0.3) is 0 Å². The zero-order valence-electron chi connectivity index (χ0n) is 11.7. The highest BCUT2D eigenvalue weighted by molar-refractivity contribution is 6.42. The fourth-order valence-electron chi connectivity index (χ4n) is 2.26. The summed E-state index contributed by atoms with van der Waals surface area (Å²) in [5, 5.41) is 3.83. The first-order chi connectivity index (χ1) is 9.01. The van der Waals surface area contributed by atoms with Crippen molar-refractivity contribution in [3.63, 3.8) is 0 Å². The van der Waals surface area contributed by atoms with Gasteiger partial charge in [-0.15, -0.1) is 12.4 Å². The first kappa shape index (κ1) is 19.5. The number of amides is 1. The lowest BCUT2D eigenvalue weighted by Crippen LogP contribution is -2.45. The SMILES string of the molecule is CCC(CC)(C(=O)NCCN)c1ccc(Cl)c(Cl)c1.Cl. The van der Waals surface area contributed by atoms with Crippen LogP contribution < -0.4 is 11.1 Å². The lowest BCUT2D eigenvalue weighted by atomic mass is 9.75. The van der Waals surface area contributed by atoms with Crippen LogP contribution in [0.4, 0.5) is 0 Å². The predicted molar refractivity (Wildman–Crippen MR) is 88.0 cm³/mol. The molecular formula is C14H21Cl3N2O. The summed E-state index contributed by atoms with van der Waals surface area (Å²) < 4.78 is 0. The molecule has 0 unspecified atom stereocenters. The molecule has 0 atom stereocenters. The minimum atomic E-state index is -0.580. The highest BCUT2D eigenvalue weighted by atomic mass is 35.5. The summed E-state index contributed by atoms with van der Waals surface area (Å²) in [4.78, 5) is 12.4. The van der Waals surface area contributed by atoms with E-state index >= 15 is 0 Å². The molecule has 0 heterocycles. The van der Waals surface area contributed by atoms with E-state index in [1.165, 1.54) is 0 Å². The van der Waals surface area contributed by atoms with Crippen molar-refractivity contribution in [1.29, 1.82) is 0 Å². The maximum atomic E-state index is 12.4. The average Bonchev–Trinajstić information content (AvgIpc) is 2.42. The molecule has 1 aromatic carbocycles. The van der Waals surface area contributed by atoms with Crippen LogP contribution in [0.5, 0.6) is 0 Å². The van der Waals surface area contributed by atoms with Crippen molar-refractivity contribution < 1.29 is 4.79 Å². The average molecular weight is 340 g/mol. The van der Waals surface area contributed by atoms with Gasteiger partial charge in [-0.25, -0.2) is 0 Å². The number of hydrogen-bond donors (Lipinski definition) is 2. The Morgan fingerprint density at radius 2 is 1.85 bits per heavy atom. The topological polar surface area (TPSA) is 55.1 Å². The summed E-state index contributed by atoms with van der Waals surface area (Å²) in [7, 11) is 0. The minimum absolute atomic E-state index is 0. The summed E-state index contributed by atoms with van der Waals surface area (Å²) in [6, 6.07) is 5.37. The lowest BCUT2D eigenvalue weighted by Gasteiger charge is -2.31. The molecule has 1 rings (SSSR count). The zero-order valence-corrected chi connectivity index (χ0v) is 14.0. The van der Waals surface area contributed by atoms with Crippen molar-refractivity contribution in [2.75, 3.05) is 13.1 Å². The van der Waals surface area contributed by atoms with E-state index in [2.05, 4.69) is 5.32 Å². The van der Waals surface area contributed by atoms with Crippen LogP contribution in [0.1, 0.15) is 32.3 Å². The lowest BCUT2D eigenvalue weighted by molar-refractivity contribution is -0.127. The molecule has 0 spiro atoms. The molecule has 0 aromatic heterocycles. The molecule has 0 aliphatic heterocycles. The van der Waals surface area contributed by atoms with Gasteiger partial charge in [0.2, 0.25) is 5.91 Å². The van der Waals surface area contributed by atoms with E-state index in [1.54, 1.807) is 12.1 Å². The van der Waals surface area contributed by atoms with Crippen LogP contribution in [0.15, 0.2) is 18.2 Å². The fourth-order valence-corrected chi connectivity index (χ4v) is 2.56. The van der Waals surface area contributed by atoms with Gasteiger partial charge in [0.15, 0.2) is 0 Å². The van der Waals surface area contributed by atoms with E-state index in [1.807, 2.05) is 19.9 Å². The molecule has 114 valence electrons. The van der Waals surface area contributed by atoms with Crippen LogP contribution in [-0.4, -0.2) is 19.0 Å². The third kappa shape index (κ3) is 4.01. The highest BCUT2D eigenvalue weighted by Crippen LogP contribution is 2.35. The van der Waals surface area contributed by atoms with Crippen molar-refractivity contribution in [2.24, 2.45) is 5.73 Å². The molecule has 1 aromatic rings. The Balaban J connectivity index is 0.00000361. The second kappa shape index (κ2) is 8.73. The molecule has 0 aliphatic rings. The third-order valence-electron chi connectivity index (χ3n) is 3.54. The molecule has 0 radical (unpaired) electrons. The van der Waals surface area contributed by atoms with Gasteiger partial charge >= 0.3 is 0 Å². The summed E-state index contributed by atoms with van der Waals surface area (Å²) >= 11 is 12.0. The van der Waals surface area contributed by atoms with E-state index in [9.17, 15) is 4.79 Å². The van der Waals surface area contributed by atoms with Gasteiger partial charge in [-0.2, -0.15) is 0 Å². The summed E-state index contributed by atoms with van der Waals surface area (Å²) in [6.45, 7) is 4.89. The second-order valence-electron chi connectivity index (χ2n) is 4.46. The van der Waals surface area contributed by atoms with E-state index in [4.69, 9.17) is 28.9 Å². The zero-order chi connectivity index (χ0) is 14.5. The quantitative estimate of drug-likeness (QED) is 0.832. The molecule has 0 bridgehead atoms. The van der Waals surface area contributed by atoms with Crippen LogP contribution in [0.3, 0.4) is 0 Å². The van der Waals surface area contributed by atoms with E-state index in [0.29, 0.717) is 36.0 Å². The molecular weight excluding hydrogens is 319 g/mol. The van der Waals surface area contributed by atoms with Gasteiger partial charge in [0.25, 0.3) is 0 Å². The summed E-state index contributed by atoms with van der Waals surface area (Å²) in [5.41, 5.74) is 5.74. The standard InChI is InChI=1S/C14H20Cl2N2O.ClH/c1-3-14(4-2,13(19)18-8-7-17)10-5-6-11(15)12(16)9-10;/h5-6,9H,3-4,7-8,17H2,1-2H3,(H,18,19);1H. The Kier molecular flexibility index (Phi) is 8.52. The number of carbonyl (C=O) groups excluding carboxylic acids is 1. The second-order valence-corrected chi connectivity index (χ2v) is 5.28. The monoisotopic (exact) mass is 338 g/mol. The summed E-state index contributed by atoms with van der Waals surface area (Å²) in [5.74, 6) is -0.0126. The number of nitrogens with two attached hydrogens (primary N) is 1. The molecule has 6 heteroatoms. The molecule has 3 nitrogen and oxygen atoms in total. The Hall–Kier alpha value is -0.480. The van der Waals surface area contributed by atoms with Gasteiger partial charge < -0.3 is 11.1 Å². The van der Waals surface area contributed by atoms with Gasteiger partial charge in [0, 0.05) is 13.1 Å². The third-order valence-corrected chi connectivity index (χ3v) is 4.28. The molecule has 1 amide bonds. The molecule has 0 aliphatic carbocycles. The van der Waals surface area contributed by atoms with Gasteiger partial charge in [-0.1, -0.05) is 43.1 Å². The Morgan fingerprint density at radius 3 is 2.30 bits per heavy atom. The number of rotatable bonds is 6. The van der Waals surface area contributed by atoms with Crippen molar-refractivity contribution in [1.82, 2.24) is 5.32 Å². The number of nitrogens with one attached hydrogen (secondary N) is 1. The van der Waals surface area contributed by atoms with Crippen LogP contribution >= 0.6 is 35.6 Å². The molecule has 0 saturated heterocycles. The summed E-state index contributed by atoms with van der Waals surface area (Å²) in [6.07, 6.45) is 1.38. The van der Waals surface area contributed by atoms with E-state index in [0.717, 1.165) is 5.56 Å². The van der Waals surface area contributed by atoms with Crippen LogP contribution in [0, 0.1) is 0 Å². The Labute approximate surface area is 136 Å². The highest BCUT2D eigenvalue weighted by Gasteiger charge is 2.36.